The van der Waals surface area contributed by atoms with Gasteiger partial charge in [0.1, 0.15) is 11.5 Å². The number of rotatable bonds is 6. The number of carbonyl (C=O) groups is 2. The molecule has 9 heteroatoms. The summed E-state index contributed by atoms with van der Waals surface area (Å²) in [4.78, 5) is 24.1. The standard InChI is InChI=1S/C21H22N2O6S/c24-19(15-4-9-20-18(12-15)22-21(25)14-29-20)13-28-16-5-7-17(8-6-16)30(26,27)23-10-2-1-3-11-23/h4-9,12H,1-3,10-11,13-14H2,(H,22,25). The average Bonchev–Trinajstić information content (AvgIpc) is 2.77. The molecule has 158 valence electrons. The van der Waals surface area contributed by atoms with Crippen LogP contribution in [0.5, 0.6) is 11.5 Å². The highest BCUT2D eigenvalue weighted by atomic mass is 32.2. The number of hydrogen-bond acceptors (Lipinski definition) is 6. The Balaban J connectivity index is 1.39. The zero-order valence-electron chi connectivity index (χ0n) is 16.3. The van der Waals surface area contributed by atoms with Crippen molar-refractivity contribution in [1.29, 1.82) is 0 Å². The first-order valence-electron chi connectivity index (χ1n) is 9.76. The Morgan fingerprint density at radius 2 is 1.80 bits per heavy atom. The van der Waals surface area contributed by atoms with E-state index in [9.17, 15) is 18.0 Å². The lowest BCUT2D eigenvalue weighted by Crippen LogP contribution is -2.35. The average molecular weight is 430 g/mol. The molecule has 1 amide bonds. The zero-order chi connectivity index (χ0) is 21.1. The molecule has 1 N–H and O–H groups in total. The summed E-state index contributed by atoms with van der Waals surface area (Å²) in [5.74, 6) is 0.360. The van der Waals surface area contributed by atoms with Gasteiger partial charge in [0.2, 0.25) is 10.0 Å². The van der Waals surface area contributed by atoms with Crippen LogP contribution in [-0.4, -0.2) is 50.7 Å². The lowest BCUT2D eigenvalue weighted by molar-refractivity contribution is -0.118. The fourth-order valence-electron chi connectivity index (χ4n) is 3.45. The number of fused-ring (bicyclic) bond motifs is 1. The highest BCUT2D eigenvalue weighted by Crippen LogP contribution is 2.29. The molecule has 2 aliphatic rings. The number of piperidine rings is 1. The van der Waals surface area contributed by atoms with Crippen molar-refractivity contribution in [1.82, 2.24) is 4.31 Å². The Kier molecular flexibility index (Phi) is 5.74. The minimum Gasteiger partial charge on any atom is -0.485 e. The van der Waals surface area contributed by atoms with Crippen LogP contribution in [0.4, 0.5) is 5.69 Å². The van der Waals surface area contributed by atoms with E-state index in [-0.39, 0.29) is 29.8 Å². The van der Waals surface area contributed by atoms with Gasteiger partial charge in [0.05, 0.1) is 10.6 Å². The lowest BCUT2D eigenvalue weighted by Gasteiger charge is -2.25. The van der Waals surface area contributed by atoms with Crippen LogP contribution in [0.1, 0.15) is 29.6 Å². The van der Waals surface area contributed by atoms with Crippen LogP contribution < -0.4 is 14.8 Å². The maximum Gasteiger partial charge on any atom is 0.262 e. The first kappa shape index (κ1) is 20.4. The Morgan fingerprint density at radius 1 is 1.07 bits per heavy atom. The number of sulfonamides is 1. The molecular weight excluding hydrogens is 408 g/mol. The second-order valence-electron chi connectivity index (χ2n) is 7.20. The molecule has 0 aliphatic carbocycles. The molecule has 0 atom stereocenters. The fraction of sp³-hybridized carbons (Fsp3) is 0.333. The van der Waals surface area contributed by atoms with E-state index in [2.05, 4.69) is 5.32 Å². The van der Waals surface area contributed by atoms with E-state index in [1.807, 2.05) is 0 Å². The third-order valence-electron chi connectivity index (χ3n) is 5.08. The van der Waals surface area contributed by atoms with E-state index < -0.39 is 10.0 Å². The molecule has 0 aromatic heterocycles. The van der Waals surface area contributed by atoms with E-state index in [0.717, 1.165) is 19.3 Å². The van der Waals surface area contributed by atoms with Crippen molar-refractivity contribution in [3.8, 4) is 11.5 Å². The quantitative estimate of drug-likeness (QED) is 0.707. The molecule has 2 heterocycles. The van der Waals surface area contributed by atoms with Gasteiger partial charge in [-0.1, -0.05) is 6.42 Å². The fourth-order valence-corrected chi connectivity index (χ4v) is 4.97. The summed E-state index contributed by atoms with van der Waals surface area (Å²) in [6.45, 7) is 0.821. The van der Waals surface area contributed by atoms with Gasteiger partial charge in [0, 0.05) is 18.7 Å². The monoisotopic (exact) mass is 430 g/mol. The number of ketones is 1. The molecule has 1 saturated heterocycles. The van der Waals surface area contributed by atoms with Gasteiger partial charge in [-0.2, -0.15) is 4.31 Å². The summed E-state index contributed by atoms with van der Waals surface area (Å²) in [7, 11) is -3.50. The largest absolute Gasteiger partial charge is 0.485 e. The lowest BCUT2D eigenvalue weighted by atomic mass is 10.1. The van der Waals surface area contributed by atoms with Crippen LogP contribution in [0.2, 0.25) is 0 Å². The summed E-state index contributed by atoms with van der Waals surface area (Å²) in [6.07, 6.45) is 2.80. The van der Waals surface area contributed by atoms with Gasteiger partial charge in [-0.15, -0.1) is 0 Å². The van der Waals surface area contributed by atoms with Gasteiger partial charge in [0.25, 0.3) is 5.91 Å². The molecule has 2 aromatic carbocycles. The molecule has 1 fully saturated rings. The molecule has 30 heavy (non-hydrogen) atoms. The number of hydrogen-bond donors (Lipinski definition) is 1. The summed E-state index contributed by atoms with van der Waals surface area (Å²) >= 11 is 0. The van der Waals surface area contributed by atoms with Crippen LogP contribution in [0.25, 0.3) is 0 Å². The number of amides is 1. The minimum absolute atomic E-state index is 0.0487. The van der Waals surface area contributed by atoms with Crippen molar-refractivity contribution < 1.29 is 27.5 Å². The number of nitrogens with zero attached hydrogens (tertiary/aromatic N) is 1. The van der Waals surface area contributed by atoms with Gasteiger partial charge in [-0.25, -0.2) is 8.42 Å². The van der Waals surface area contributed by atoms with Crippen LogP contribution in [0.15, 0.2) is 47.4 Å². The Morgan fingerprint density at radius 3 is 2.53 bits per heavy atom. The smallest absolute Gasteiger partial charge is 0.262 e. The van der Waals surface area contributed by atoms with Crippen molar-refractivity contribution in [3.05, 3.63) is 48.0 Å². The maximum absolute atomic E-state index is 12.7. The highest BCUT2D eigenvalue weighted by molar-refractivity contribution is 7.89. The molecule has 0 saturated carbocycles. The van der Waals surface area contributed by atoms with E-state index in [4.69, 9.17) is 9.47 Å². The summed E-state index contributed by atoms with van der Waals surface area (Å²) in [5.41, 5.74) is 0.827. The molecule has 0 unspecified atom stereocenters. The van der Waals surface area contributed by atoms with Crippen molar-refractivity contribution in [2.45, 2.75) is 24.2 Å². The molecule has 0 spiro atoms. The van der Waals surface area contributed by atoms with E-state index in [1.165, 1.54) is 16.4 Å². The summed E-state index contributed by atoms with van der Waals surface area (Å²) in [5, 5.41) is 2.66. The first-order chi connectivity index (χ1) is 14.4. The Labute approximate surface area is 174 Å². The molecular formula is C21H22N2O6S. The van der Waals surface area contributed by atoms with E-state index in [1.54, 1.807) is 30.3 Å². The van der Waals surface area contributed by atoms with Gasteiger partial charge >= 0.3 is 0 Å². The second-order valence-corrected chi connectivity index (χ2v) is 9.13. The maximum atomic E-state index is 12.7. The van der Waals surface area contributed by atoms with E-state index in [0.29, 0.717) is 35.8 Å². The van der Waals surface area contributed by atoms with Crippen molar-refractivity contribution in [3.63, 3.8) is 0 Å². The van der Waals surface area contributed by atoms with Gasteiger partial charge in [-0.05, 0) is 55.3 Å². The Bertz CT molecular complexity index is 1060. The normalized spacial score (nSPS) is 16.9. The van der Waals surface area contributed by atoms with Gasteiger partial charge < -0.3 is 14.8 Å². The van der Waals surface area contributed by atoms with Gasteiger partial charge in [0.15, 0.2) is 19.0 Å². The molecule has 2 aromatic rings. The molecule has 8 nitrogen and oxygen atoms in total. The first-order valence-corrected chi connectivity index (χ1v) is 11.2. The Hall–Kier alpha value is -2.91. The summed E-state index contributed by atoms with van der Waals surface area (Å²) in [6, 6.07) is 10.9. The number of benzene rings is 2. The third-order valence-corrected chi connectivity index (χ3v) is 6.99. The van der Waals surface area contributed by atoms with Crippen LogP contribution in [0.3, 0.4) is 0 Å². The minimum atomic E-state index is -3.50. The van der Waals surface area contributed by atoms with Crippen molar-refractivity contribution >= 4 is 27.4 Å². The van der Waals surface area contributed by atoms with Crippen molar-refractivity contribution in [2.75, 3.05) is 31.6 Å². The second kappa shape index (κ2) is 8.45. The van der Waals surface area contributed by atoms with Crippen LogP contribution >= 0.6 is 0 Å². The SMILES string of the molecule is O=C1COc2ccc(C(=O)COc3ccc(S(=O)(=O)N4CCCCC4)cc3)cc2N1. The molecule has 4 rings (SSSR count). The number of anilines is 1. The molecule has 2 aliphatic heterocycles. The van der Waals surface area contributed by atoms with Crippen LogP contribution in [-0.2, 0) is 14.8 Å². The number of ether oxygens (including phenoxy) is 2. The van der Waals surface area contributed by atoms with E-state index >= 15 is 0 Å². The number of carbonyl (C=O) groups excluding carboxylic acids is 2. The predicted octanol–water partition coefficient (Wildman–Crippen LogP) is 2.45. The predicted molar refractivity (Wildman–Crippen MR) is 109 cm³/mol. The molecule has 0 bridgehead atoms. The van der Waals surface area contributed by atoms with Crippen molar-refractivity contribution in [2.24, 2.45) is 0 Å². The summed E-state index contributed by atoms with van der Waals surface area (Å²) < 4.78 is 37.7. The third kappa shape index (κ3) is 4.31. The number of nitrogens with one attached hydrogen (secondary N) is 1. The highest BCUT2D eigenvalue weighted by Gasteiger charge is 2.25. The van der Waals surface area contributed by atoms with Crippen LogP contribution in [0, 0.1) is 0 Å². The number of Topliss-reactive ketones (excluding diaryl/α,β-unsaturated/α-hetero) is 1. The molecule has 0 radical (unpaired) electrons. The zero-order valence-corrected chi connectivity index (χ0v) is 17.1. The topological polar surface area (TPSA) is 102 Å². The van der Waals surface area contributed by atoms with Gasteiger partial charge in [-0.3, -0.25) is 9.59 Å².